The van der Waals surface area contributed by atoms with Gasteiger partial charge in [0.05, 0.1) is 5.69 Å². The third-order valence-electron chi connectivity index (χ3n) is 1.88. The largest absolute Gasteiger partial charge is 0.264 e. The summed E-state index contributed by atoms with van der Waals surface area (Å²) < 4.78 is 0. The standard InChI is InChI=1S/C11H15N/c1-11(2,3)9-7-5-6-8-10(9)12-4/h5-8H,4H2,1-3H3. The van der Waals surface area contributed by atoms with E-state index in [0.29, 0.717) is 0 Å². The molecule has 0 amide bonds. The Morgan fingerprint density at radius 3 is 2.17 bits per heavy atom. The van der Waals surface area contributed by atoms with Gasteiger partial charge in [-0.25, -0.2) is 0 Å². The fourth-order valence-corrected chi connectivity index (χ4v) is 1.25. The number of aliphatic imine (C=N–C) groups is 1. The minimum absolute atomic E-state index is 0.151. The van der Waals surface area contributed by atoms with Crippen LogP contribution in [0.1, 0.15) is 26.3 Å². The zero-order valence-corrected chi connectivity index (χ0v) is 7.96. The van der Waals surface area contributed by atoms with Gasteiger partial charge in [-0.3, -0.25) is 4.99 Å². The van der Waals surface area contributed by atoms with Crippen LogP contribution >= 0.6 is 0 Å². The molecule has 1 heteroatoms. The summed E-state index contributed by atoms with van der Waals surface area (Å²) in [6.45, 7) is 10.1. The molecule has 0 aliphatic carbocycles. The number of rotatable bonds is 1. The van der Waals surface area contributed by atoms with Crippen molar-refractivity contribution in [1.29, 1.82) is 0 Å². The molecule has 0 aromatic heterocycles. The maximum Gasteiger partial charge on any atom is 0.0659 e. The van der Waals surface area contributed by atoms with Crippen LogP contribution in [0.25, 0.3) is 0 Å². The fourth-order valence-electron chi connectivity index (χ4n) is 1.25. The molecule has 1 nitrogen and oxygen atoms in total. The number of hydrogen-bond donors (Lipinski definition) is 0. The van der Waals surface area contributed by atoms with Gasteiger partial charge in [-0.15, -0.1) is 0 Å². The van der Waals surface area contributed by atoms with Gasteiger partial charge in [0.25, 0.3) is 0 Å². The SMILES string of the molecule is C=Nc1ccccc1C(C)(C)C. The van der Waals surface area contributed by atoms with Crippen LogP contribution in [0.5, 0.6) is 0 Å². The average molecular weight is 161 g/mol. The van der Waals surface area contributed by atoms with Crippen molar-refractivity contribution in [3.8, 4) is 0 Å². The van der Waals surface area contributed by atoms with Gasteiger partial charge in [0.2, 0.25) is 0 Å². The van der Waals surface area contributed by atoms with E-state index in [0.717, 1.165) is 5.69 Å². The predicted molar refractivity (Wildman–Crippen MR) is 54.4 cm³/mol. The summed E-state index contributed by atoms with van der Waals surface area (Å²) in [6, 6.07) is 8.12. The van der Waals surface area contributed by atoms with E-state index in [4.69, 9.17) is 0 Å². The van der Waals surface area contributed by atoms with E-state index >= 15 is 0 Å². The molecule has 0 fully saturated rings. The maximum atomic E-state index is 3.99. The van der Waals surface area contributed by atoms with Crippen molar-refractivity contribution in [3.05, 3.63) is 29.8 Å². The van der Waals surface area contributed by atoms with Gasteiger partial charge in [0.15, 0.2) is 0 Å². The van der Waals surface area contributed by atoms with E-state index < -0.39 is 0 Å². The zero-order chi connectivity index (χ0) is 9.19. The van der Waals surface area contributed by atoms with Crippen LogP contribution in [0.4, 0.5) is 5.69 Å². The summed E-state index contributed by atoms with van der Waals surface area (Å²) >= 11 is 0. The molecule has 0 bridgehead atoms. The highest BCUT2D eigenvalue weighted by Gasteiger charge is 2.16. The molecule has 0 saturated carbocycles. The second-order valence-electron chi connectivity index (χ2n) is 3.93. The van der Waals surface area contributed by atoms with Crippen molar-refractivity contribution in [1.82, 2.24) is 0 Å². The summed E-state index contributed by atoms with van der Waals surface area (Å²) in [4.78, 5) is 3.99. The molecule has 0 heterocycles. The monoisotopic (exact) mass is 161 g/mol. The van der Waals surface area contributed by atoms with Gasteiger partial charge < -0.3 is 0 Å². The molecular weight excluding hydrogens is 146 g/mol. The zero-order valence-electron chi connectivity index (χ0n) is 7.96. The normalized spacial score (nSPS) is 11.2. The molecule has 1 rings (SSSR count). The van der Waals surface area contributed by atoms with Gasteiger partial charge in [-0.1, -0.05) is 39.0 Å². The Hall–Kier alpha value is -1.11. The summed E-state index contributed by atoms with van der Waals surface area (Å²) in [7, 11) is 0. The van der Waals surface area contributed by atoms with Crippen LogP contribution < -0.4 is 0 Å². The quantitative estimate of drug-likeness (QED) is 0.560. The molecule has 64 valence electrons. The van der Waals surface area contributed by atoms with Crippen molar-refractivity contribution in [2.24, 2.45) is 4.99 Å². The topological polar surface area (TPSA) is 12.4 Å². The summed E-state index contributed by atoms with van der Waals surface area (Å²) in [5, 5.41) is 0. The Labute approximate surface area is 74.2 Å². The molecule has 12 heavy (non-hydrogen) atoms. The third-order valence-corrected chi connectivity index (χ3v) is 1.88. The van der Waals surface area contributed by atoms with Gasteiger partial charge >= 0.3 is 0 Å². The minimum Gasteiger partial charge on any atom is -0.264 e. The first-order chi connectivity index (χ1) is 5.55. The molecule has 0 atom stereocenters. The molecule has 0 aliphatic rings. The second-order valence-corrected chi connectivity index (χ2v) is 3.93. The Kier molecular flexibility index (Phi) is 2.32. The molecule has 1 aromatic rings. The minimum atomic E-state index is 0.151. The van der Waals surface area contributed by atoms with Crippen LogP contribution in [-0.4, -0.2) is 6.72 Å². The Balaban J connectivity index is 3.23. The van der Waals surface area contributed by atoms with Crippen LogP contribution in [0.15, 0.2) is 29.3 Å². The molecule has 1 aromatic carbocycles. The lowest BCUT2D eigenvalue weighted by Crippen LogP contribution is -2.10. The first-order valence-corrected chi connectivity index (χ1v) is 4.12. The van der Waals surface area contributed by atoms with E-state index in [2.05, 4.69) is 38.5 Å². The van der Waals surface area contributed by atoms with E-state index in [-0.39, 0.29) is 5.41 Å². The summed E-state index contributed by atoms with van der Waals surface area (Å²) in [5.41, 5.74) is 2.39. The lowest BCUT2D eigenvalue weighted by Gasteiger charge is -2.20. The molecular formula is C11H15N. The van der Waals surface area contributed by atoms with Crippen LogP contribution in [0.3, 0.4) is 0 Å². The number of hydrogen-bond acceptors (Lipinski definition) is 1. The highest BCUT2D eigenvalue weighted by molar-refractivity contribution is 5.53. The van der Waals surface area contributed by atoms with E-state index in [9.17, 15) is 0 Å². The summed E-state index contributed by atoms with van der Waals surface area (Å²) in [6.07, 6.45) is 0. The molecule has 0 spiro atoms. The van der Waals surface area contributed by atoms with Crippen LogP contribution in [-0.2, 0) is 5.41 Å². The van der Waals surface area contributed by atoms with Gasteiger partial charge in [0.1, 0.15) is 0 Å². The van der Waals surface area contributed by atoms with Crippen molar-refractivity contribution < 1.29 is 0 Å². The smallest absolute Gasteiger partial charge is 0.0659 e. The molecule has 0 N–H and O–H groups in total. The first kappa shape index (κ1) is 8.98. The second kappa shape index (κ2) is 3.10. The van der Waals surface area contributed by atoms with Gasteiger partial charge in [0, 0.05) is 0 Å². The molecule has 0 aliphatic heterocycles. The Morgan fingerprint density at radius 1 is 1.17 bits per heavy atom. The number of para-hydroxylation sites is 1. The molecule has 0 saturated heterocycles. The van der Waals surface area contributed by atoms with Gasteiger partial charge in [-0.05, 0) is 23.8 Å². The highest BCUT2D eigenvalue weighted by Crippen LogP contribution is 2.30. The van der Waals surface area contributed by atoms with Crippen molar-refractivity contribution in [3.63, 3.8) is 0 Å². The third kappa shape index (κ3) is 1.73. The number of nitrogens with zero attached hydrogens (tertiary/aromatic N) is 1. The lowest BCUT2D eigenvalue weighted by atomic mass is 9.86. The van der Waals surface area contributed by atoms with Crippen molar-refractivity contribution >= 4 is 12.4 Å². The lowest BCUT2D eigenvalue weighted by molar-refractivity contribution is 0.591. The van der Waals surface area contributed by atoms with Crippen molar-refractivity contribution in [2.75, 3.05) is 0 Å². The predicted octanol–water partition coefficient (Wildman–Crippen LogP) is 3.32. The summed E-state index contributed by atoms with van der Waals surface area (Å²) in [5.74, 6) is 0. The Morgan fingerprint density at radius 2 is 1.75 bits per heavy atom. The maximum absolute atomic E-state index is 3.99. The van der Waals surface area contributed by atoms with Gasteiger partial charge in [-0.2, -0.15) is 0 Å². The fraction of sp³-hybridized carbons (Fsp3) is 0.364. The van der Waals surface area contributed by atoms with E-state index in [1.807, 2.05) is 18.2 Å². The number of benzene rings is 1. The van der Waals surface area contributed by atoms with E-state index in [1.165, 1.54) is 5.56 Å². The molecule has 0 unspecified atom stereocenters. The van der Waals surface area contributed by atoms with Crippen LogP contribution in [0, 0.1) is 0 Å². The molecule has 0 radical (unpaired) electrons. The van der Waals surface area contributed by atoms with Crippen LogP contribution in [0.2, 0.25) is 0 Å². The first-order valence-electron chi connectivity index (χ1n) is 4.12. The van der Waals surface area contributed by atoms with Crippen molar-refractivity contribution in [2.45, 2.75) is 26.2 Å². The average Bonchev–Trinajstić information content (AvgIpc) is 2.03. The highest BCUT2D eigenvalue weighted by atomic mass is 14.7. The van der Waals surface area contributed by atoms with E-state index in [1.54, 1.807) is 0 Å². The Bertz CT molecular complexity index is 281.